The lowest BCUT2D eigenvalue weighted by atomic mass is 9.85. The standard InChI is InChI=1S/C26H24FNO4/c1-15-20(8-3-9-22(15)27)24-21(26(32)16-5-2-7-19(29)11-16)12-18(13-23(24)30)25(31)17-6-4-10-28-14-17/h2-3,5,7-9,11-13,17,28-30H,4,6,10,14H2,1H3/t17-/m1/s1. The van der Waals surface area contributed by atoms with E-state index >= 15 is 0 Å². The van der Waals surface area contributed by atoms with Crippen LogP contribution in [0.2, 0.25) is 0 Å². The number of phenols is 2. The summed E-state index contributed by atoms with van der Waals surface area (Å²) in [5, 5.41) is 24.0. The minimum absolute atomic E-state index is 0.0796. The van der Waals surface area contributed by atoms with Gasteiger partial charge in [-0.3, -0.25) is 9.59 Å². The Bertz CT molecular complexity index is 1200. The molecule has 0 radical (unpaired) electrons. The van der Waals surface area contributed by atoms with Crippen molar-refractivity contribution < 1.29 is 24.2 Å². The van der Waals surface area contributed by atoms with Crippen molar-refractivity contribution in [2.75, 3.05) is 13.1 Å². The normalized spacial score (nSPS) is 16.0. The molecule has 0 bridgehead atoms. The number of piperidine rings is 1. The molecule has 1 saturated heterocycles. The van der Waals surface area contributed by atoms with E-state index in [4.69, 9.17) is 0 Å². The maximum absolute atomic E-state index is 14.3. The molecule has 1 fully saturated rings. The maximum Gasteiger partial charge on any atom is 0.193 e. The van der Waals surface area contributed by atoms with Crippen LogP contribution in [0.3, 0.4) is 0 Å². The van der Waals surface area contributed by atoms with E-state index in [0.717, 1.165) is 19.4 Å². The van der Waals surface area contributed by atoms with Gasteiger partial charge in [0.1, 0.15) is 17.3 Å². The molecule has 1 aliphatic heterocycles. The fourth-order valence-corrected chi connectivity index (χ4v) is 4.22. The van der Waals surface area contributed by atoms with E-state index in [1.807, 2.05) is 0 Å². The second-order valence-electron chi connectivity index (χ2n) is 8.12. The van der Waals surface area contributed by atoms with Gasteiger partial charge >= 0.3 is 0 Å². The molecular formula is C26H24FNO4. The molecule has 3 aromatic rings. The van der Waals surface area contributed by atoms with Gasteiger partial charge in [0, 0.05) is 34.7 Å². The van der Waals surface area contributed by atoms with E-state index in [1.54, 1.807) is 19.1 Å². The molecule has 164 valence electrons. The first-order chi connectivity index (χ1) is 15.4. The van der Waals surface area contributed by atoms with E-state index in [-0.39, 0.29) is 51.0 Å². The molecular weight excluding hydrogens is 409 g/mol. The number of phenolic OH excluding ortho intramolecular Hbond substituents is 2. The third-order valence-electron chi connectivity index (χ3n) is 5.96. The van der Waals surface area contributed by atoms with Crippen molar-refractivity contribution in [2.45, 2.75) is 19.8 Å². The number of nitrogens with one attached hydrogen (secondary N) is 1. The maximum atomic E-state index is 14.3. The number of carbonyl (C=O) groups excluding carboxylic acids is 2. The van der Waals surface area contributed by atoms with Crippen LogP contribution in [0.15, 0.2) is 54.6 Å². The SMILES string of the molecule is Cc1c(F)cccc1-c1c(O)cc(C(=O)[C@@H]2CCCNC2)cc1C(=O)c1cccc(O)c1. The number of benzene rings is 3. The lowest BCUT2D eigenvalue weighted by molar-refractivity contribution is 0.0899. The summed E-state index contributed by atoms with van der Waals surface area (Å²) in [6, 6.07) is 13.1. The highest BCUT2D eigenvalue weighted by molar-refractivity contribution is 6.15. The number of rotatable bonds is 5. The topological polar surface area (TPSA) is 86.6 Å². The largest absolute Gasteiger partial charge is 0.508 e. The Labute approximate surface area is 185 Å². The minimum atomic E-state index is -0.480. The molecule has 4 rings (SSSR count). The number of halogens is 1. The van der Waals surface area contributed by atoms with E-state index in [2.05, 4.69) is 5.32 Å². The molecule has 3 aromatic carbocycles. The van der Waals surface area contributed by atoms with Gasteiger partial charge in [-0.25, -0.2) is 4.39 Å². The molecule has 0 unspecified atom stereocenters. The quantitative estimate of drug-likeness (QED) is 0.511. The average molecular weight is 433 g/mol. The molecule has 0 aromatic heterocycles. The first-order valence-electron chi connectivity index (χ1n) is 10.6. The van der Waals surface area contributed by atoms with Crippen molar-refractivity contribution in [1.82, 2.24) is 5.32 Å². The minimum Gasteiger partial charge on any atom is -0.508 e. The smallest absolute Gasteiger partial charge is 0.193 e. The Kier molecular flexibility index (Phi) is 6.06. The second kappa shape index (κ2) is 8.93. The summed E-state index contributed by atoms with van der Waals surface area (Å²) in [5.74, 6) is -1.69. The monoisotopic (exact) mass is 433 g/mol. The van der Waals surface area contributed by atoms with Crippen molar-refractivity contribution in [3.8, 4) is 22.6 Å². The average Bonchev–Trinajstić information content (AvgIpc) is 2.80. The van der Waals surface area contributed by atoms with Crippen molar-refractivity contribution in [1.29, 1.82) is 0 Å². The van der Waals surface area contributed by atoms with Gasteiger partial charge in [0.15, 0.2) is 11.6 Å². The van der Waals surface area contributed by atoms with Crippen LogP contribution < -0.4 is 5.32 Å². The number of ketones is 2. The second-order valence-corrected chi connectivity index (χ2v) is 8.12. The molecule has 0 aliphatic carbocycles. The van der Waals surface area contributed by atoms with Crippen LogP contribution in [-0.4, -0.2) is 34.9 Å². The van der Waals surface area contributed by atoms with Gasteiger partial charge in [-0.15, -0.1) is 0 Å². The van der Waals surface area contributed by atoms with Gasteiger partial charge in [-0.1, -0.05) is 24.3 Å². The summed E-state index contributed by atoms with van der Waals surface area (Å²) in [5.41, 5.74) is 1.32. The molecule has 6 heteroatoms. The van der Waals surface area contributed by atoms with Crippen LogP contribution in [0, 0.1) is 18.7 Å². The number of carbonyl (C=O) groups is 2. The van der Waals surface area contributed by atoms with Gasteiger partial charge in [-0.2, -0.15) is 0 Å². The van der Waals surface area contributed by atoms with Crippen LogP contribution in [0.5, 0.6) is 11.5 Å². The highest BCUT2D eigenvalue weighted by atomic mass is 19.1. The predicted molar refractivity (Wildman–Crippen MR) is 120 cm³/mol. The third-order valence-corrected chi connectivity index (χ3v) is 5.96. The Balaban J connectivity index is 1.90. The lowest BCUT2D eigenvalue weighted by Gasteiger charge is -2.22. The summed E-state index contributed by atoms with van der Waals surface area (Å²) < 4.78 is 14.3. The predicted octanol–water partition coefficient (Wildman–Crippen LogP) is 4.63. The third kappa shape index (κ3) is 4.14. The Morgan fingerprint density at radius 1 is 1.03 bits per heavy atom. The van der Waals surface area contributed by atoms with Crippen LogP contribution in [0.25, 0.3) is 11.1 Å². The van der Waals surface area contributed by atoms with Crippen molar-refractivity contribution >= 4 is 11.6 Å². The van der Waals surface area contributed by atoms with Gasteiger partial charge in [-0.05, 0) is 67.8 Å². The van der Waals surface area contributed by atoms with E-state index in [0.29, 0.717) is 12.1 Å². The van der Waals surface area contributed by atoms with Crippen molar-refractivity contribution in [3.63, 3.8) is 0 Å². The highest BCUT2D eigenvalue weighted by Crippen LogP contribution is 2.38. The fraction of sp³-hybridized carbons (Fsp3) is 0.231. The number of hydrogen-bond donors (Lipinski definition) is 3. The summed E-state index contributed by atoms with van der Waals surface area (Å²) in [7, 11) is 0. The summed E-state index contributed by atoms with van der Waals surface area (Å²) in [6.45, 7) is 2.97. The molecule has 0 saturated carbocycles. The molecule has 1 aliphatic rings. The number of hydrogen-bond acceptors (Lipinski definition) is 5. The van der Waals surface area contributed by atoms with Crippen LogP contribution in [-0.2, 0) is 0 Å². The van der Waals surface area contributed by atoms with Gasteiger partial charge in [0.25, 0.3) is 0 Å². The van der Waals surface area contributed by atoms with Crippen molar-refractivity contribution in [3.05, 3.63) is 82.7 Å². The molecule has 1 atom stereocenters. The van der Waals surface area contributed by atoms with Crippen molar-refractivity contribution in [2.24, 2.45) is 5.92 Å². The Hall–Kier alpha value is -3.51. The Morgan fingerprint density at radius 3 is 2.53 bits per heavy atom. The van der Waals surface area contributed by atoms with Gasteiger partial charge < -0.3 is 15.5 Å². The summed E-state index contributed by atoms with van der Waals surface area (Å²) >= 11 is 0. The lowest BCUT2D eigenvalue weighted by Crippen LogP contribution is -2.34. The summed E-state index contributed by atoms with van der Waals surface area (Å²) in [6.07, 6.45) is 1.60. The van der Waals surface area contributed by atoms with Crippen LogP contribution in [0.4, 0.5) is 4.39 Å². The van der Waals surface area contributed by atoms with Gasteiger partial charge in [0.05, 0.1) is 0 Å². The Morgan fingerprint density at radius 2 is 1.81 bits per heavy atom. The summed E-state index contributed by atoms with van der Waals surface area (Å²) in [4.78, 5) is 26.6. The highest BCUT2D eigenvalue weighted by Gasteiger charge is 2.27. The first-order valence-corrected chi connectivity index (χ1v) is 10.6. The van der Waals surface area contributed by atoms with E-state index in [9.17, 15) is 24.2 Å². The van der Waals surface area contributed by atoms with Crippen LogP contribution in [0.1, 0.15) is 44.7 Å². The zero-order valence-corrected chi connectivity index (χ0v) is 17.7. The molecule has 0 spiro atoms. The molecule has 5 nitrogen and oxygen atoms in total. The number of aromatic hydroxyl groups is 2. The van der Waals surface area contributed by atoms with E-state index < -0.39 is 11.6 Å². The zero-order valence-electron chi connectivity index (χ0n) is 17.7. The number of Topliss-reactive ketones (excluding diaryl/α,β-unsaturated/α-hetero) is 1. The fourth-order valence-electron chi connectivity index (χ4n) is 4.22. The zero-order chi connectivity index (χ0) is 22.8. The van der Waals surface area contributed by atoms with E-state index in [1.165, 1.54) is 42.5 Å². The molecule has 32 heavy (non-hydrogen) atoms. The molecule has 1 heterocycles. The first kappa shape index (κ1) is 21.7. The molecule has 3 N–H and O–H groups in total. The molecule has 0 amide bonds. The van der Waals surface area contributed by atoms with Crippen LogP contribution >= 0.6 is 0 Å². The van der Waals surface area contributed by atoms with Gasteiger partial charge in [0.2, 0.25) is 0 Å².